The quantitative estimate of drug-likeness (QED) is 0.0894. The molecule has 0 aliphatic rings. The summed E-state index contributed by atoms with van der Waals surface area (Å²) in [5.41, 5.74) is 0. The molecule has 0 aliphatic carbocycles. The molecule has 0 radical (unpaired) electrons. The Hall–Kier alpha value is -1.14. The smallest absolute Gasteiger partial charge is 0.303 e. The van der Waals surface area contributed by atoms with E-state index in [1.807, 2.05) is 0 Å². The van der Waals surface area contributed by atoms with Gasteiger partial charge < -0.3 is 20.4 Å². The largest absolute Gasteiger partial charge is 0.481 e. The van der Waals surface area contributed by atoms with Gasteiger partial charge >= 0.3 is 11.9 Å². The first-order valence-corrected chi connectivity index (χ1v) is 14.7. The number of rotatable bonds is 26. The number of aliphatic carboxylic acids is 2. The molecule has 0 saturated carbocycles. The lowest BCUT2D eigenvalue weighted by Gasteiger charge is -2.09. The summed E-state index contributed by atoms with van der Waals surface area (Å²) in [6.45, 7) is 2.52. The number of aliphatic hydroxyl groups is 2. The van der Waals surface area contributed by atoms with Crippen LogP contribution < -0.4 is 0 Å². The minimum absolute atomic E-state index is 0.147. The van der Waals surface area contributed by atoms with Gasteiger partial charge in [-0.25, -0.2) is 0 Å². The Balaban J connectivity index is 0. The summed E-state index contributed by atoms with van der Waals surface area (Å²) in [7, 11) is 0. The van der Waals surface area contributed by atoms with E-state index in [9.17, 15) is 14.7 Å². The molecule has 0 amide bonds. The monoisotopic (exact) mass is 502 g/mol. The molecule has 0 aromatic heterocycles. The minimum atomic E-state index is -0.707. The second-order valence-electron chi connectivity index (χ2n) is 9.96. The highest BCUT2D eigenvalue weighted by molar-refractivity contribution is 5.66. The lowest BCUT2D eigenvalue weighted by atomic mass is 10.0. The highest BCUT2D eigenvalue weighted by Gasteiger charge is 2.04. The molecular weight excluding hydrogens is 444 g/mol. The lowest BCUT2D eigenvalue weighted by molar-refractivity contribution is -0.138. The number of aliphatic hydroxyl groups excluding tert-OH is 2. The van der Waals surface area contributed by atoms with Crippen LogP contribution in [0.1, 0.15) is 161 Å². The van der Waals surface area contributed by atoms with Crippen LogP contribution >= 0.6 is 0 Å². The van der Waals surface area contributed by atoms with Gasteiger partial charge in [-0.15, -0.1) is 0 Å². The van der Waals surface area contributed by atoms with Crippen LogP contribution in [0.3, 0.4) is 0 Å². The molecule has 0 aromatic carbocycles. The molecule has 0 aliphatic heterocycles. The van der Waals surface area contributed by atoms with Crippen molar-refractivity contribution in [3.05, 3.63) is 0 Å². The highest BCUT2D eigenvalue weighted by Crippen LogP contribution is 2.13. The zero-order chi connectivity index (χ0) is 26.4. The van der Waals surface area contributed by atoms with E-state index in [1.165, 1.54) is 77.0 Å². The van der Waals surface area contributed by atoms with Crippen LogP contribution in [0.25, 0.3) is 0 Å². The van der Waals surface area contributed by atoms with E-state index in [0.717, 1.165) is 64.2 Å². The molecule has 35 heavy (non-hydrogen) atoms. The molecule has 1 atom stereocenters. The predicted molar refractivity (Wildman–Crippen MR) is 145 cm³/mol. The van der Waals surface area contributed by atoms with Crippen molar-refractivity contribution in [2.24, 2.45) is 0 Å². The molecule has 0 heterocycles. The first kappa shape index (κ1) is 36.0. The number of carboxylic acid groups (broad SMARTS) is 2. The maximum atomic E-state index is 10.3. The van der Waals surface area contributed by atoms with Crippen LogP contribution in [0.4, 0.5) is 0 Å². The van der Waals surface area contributed by atoms with Crippen LogP contribution in [0.5, 0.6) is 0 Å². The number of hydrogen-bond donors (Lipinski definition) is 4. The average molecular weight is 503 g/mol. The number of carboxylic acids is 2. The van der Waals surface area contributed by atoms with Crippen LogP contribution in [0.2, 0.25) is 0 Å². The third kappa shape index (κ3) is 37.6. The van der Waals surface area contributed by atoms with Crippen molar-refractivity contribution in [2.75, 3.05) is 6.61 Å². The summed E-state index contributed by atoms with van der Waals surface area (Å²) < 4.78 is 0. The Morgan fingerprint density at radius 3 is 1.17 bits per heavy atom. The molecule has 0 rings (SSSR count). The van der Waals surface area contributed by atoms with Gasteiger partial charge in [-0.3, -0.25) is 9.59 Å². The topological polar surface area (TPSA) is 115 Å². The Morgan fingerprint density at radius 2 is 0.829 bits per heavy atom. The molecule has 0 spiro atoms. The van der Waals surface area contributed by atoms with Gasteiger partial charge in [-0.2, -0.15) is 0 Å². The fraction of sp³-hybridized carbons (Fsp3) is 0.931. The van der Waals surface area contributed by atoms with Crippen LogP contribution in [-0.4, -0.2) is 45.1 Å². The molecule has 4 N–H and O–H groups in total. The van der Waals surface area contributed by atoms with Gasteiger partial charge in [0.2, 0.25) is 0 Å². The molecule has 0 fully saturated rings. The third-order valence-corrected chi connectivity index (χ3v) is 6.37. The van der Waals surface area contributed by atoms with Gasteiger partial charge in [0.25, 0.3) is 0 Å². The summed E-state index contributed by atoms with van der Waals surface area (Å²) in [5.74, 6) is -1.38. The van der Waals surface area contributed by atoms with E-state index in [2.05, 4.69) is 6.92 Å². The normalized spacial score (nSPS) is 11.6. The van der Waals surface area contributed by atoms with Gasteiger partial charge in [-0.05, 0) is 32.1 Å². The lowest BCUT2D eigenvalue weighted by Crippen LogP contribution is -2.06. The summed E-state index contributed by atoms with van der Waals surface area (Å²) in [6, 6.07) is 0. The molecule has 6 heteroatoms. The first-order valence-electron chi connectivity index (χ1n) is 14.7. The van der Waals surface area contributed by atoms with Crippen LogP contribution in [0, 0.1) is 0 Å². The van der Waals surface area contributed by atoms with Crippen LogP contribution in [0.15, 0.2) is 0 Å². The number of unbranched alkanes of at least 4 members (excludes halogenated alkanes) is 17. The van der Waals surface area contributed by atoms with Gasteiger partial charge in [0.05, 0.1) is 6.10 Å². The molecule has 0 aromatic rings. The predicted octanol–water partition coefficient (Wildman–Crippen LogP) is 7.88. The molecule has 6 nitrogen and oxygen atoms in total. The zero-order valence-corrected chi connectivity index (χ0v) is 22.9. The van der Waals surface area contributed by atoms with Crippen molar-refractivity contribution in [1.29, 1.82) is 0 Å². The van der Waals surface area contributed by atoms with E-state index in [1.54, 1.807) is 0 Å². The first-order chi connectivity index (χ1) is 16.9. The number of hydrogen-bond acceptors (Lipinski definition) is 4. The van der Waals surface area contributed by atoms with Gasteiger partial charge in [-0.1, -0.05) is 116 Å². The zero-order valence-electron chi connectivity index (χ0n) is 22.9. The Labute approximate surface area is 215 Å². The number of carbonyl (C=O) groups is 2. The Morgan fingerprint density at radius 1 is 0.514 bits per heavy atom. The highest BCUT2D eigenvalue weighted by atomic mass is 16.4. The second kappa shape index (κ2) is 30.9. The summed E-state index contributed by atoms with van der Waals surface area (Å²) in [4.78, 5) is 20.6. The van der Waals surface area contributed by atoms with E-state index in [4.69, 9.17) is 15.3 Å². The van der Waals surface area contributed by atoms with Gasteiger partial charge in [0.15, 0.2) is 0 Å². The molecule has 0 bridgehead atoms. The third-order valence-electron chi connectivity index (χ3n) is 6.37. The summed E-state index contributed by atoms with van der Waals surface area (Å²) in [5, 5.41) is 35.3. The second-order valence-corrected chi connectivity index (χ2v) is 9.96. The van der Waals surface area contributed by atoms with Crippen molar-refractivity contribution in [2.45, 2.75) is 167 Å². The molecular formula is C29H58O6. The Kier molecular flexibility index (Phi) is 31.8. The van der Waals surface area contributed by atoms with Crippen molar-refractivity contribution in [1.82, 2.24) is 0 Å². The molecule has 210 valence electrons. The van der Waals surface area contributed by atoms with Crippen molar-refractivity contribution >= 4 is 11.9 Å². The van der Waals surface area contributed by atoms with E-state index in [-0.39, 0.29) is 12.5 Å². The SMILES string of the molecule is CCCCCCC(O)CCCCCCC(=O)O.O=C(O)CCCCCCCCCCCCCCO. The van der Waals surface area contributed by atoms with Crippen molar-refractivity contribution < 1.29 is 30.0 Å². The van der Waals surface area contributed by atoms with Crippen LogP contribution in [-0.2, 0) is 9.59 Å². The molecule has 0 saturated heterocycles. The van der Waals surface area contributed by atoms with E-state index >= 15 is 0 Å². The minimum Gasteiger partial charge on any atom is -0.481 e. The average Bonchev–Trinajstić information content (AvgIpc) is 2.82. The maximum absolute atomic E-state index is 10.3. The fourth-order valence-corrected chi connectivity index (χ4v) is 4.12. The van der Waals surface area contributed by atoms with Gasteiger partial charge in [0, 0.05) is 19.4 Å². The summed E-state index contributed by atoms with van der Waals surface area (Å²) in [6.07, 6.45) is 25.2. The maximum Gasteiger partial charge on any atom is 0.303 e. The van der Waals surface area contributed by atoms with Crippen molar-refractivity contribution in [3.8, 4) is 0 Å². The Bertz CT molecular complexity index is 441. The van der Waals surface area contributed by atoms with E-state index < -0.39 is 11.9 Å². The van der Waals surface area contributed by atoms with Gasteiger partial charge in [0.1, 0.15) is 0 Å². The molecule has 1 unspecified atom stereocenters. The van der Waals surface area contributed by atoms with E-state index in [0.29, 0.717) is 13.0 Å². The van der Waals surface area contributed by atoms with Crippen molar-refractivity contribution in [3.63, 3.8) is 0 Å². The standard InChI is InChI=1S/C15H30O3.C14H28O3/c16-14-12-10-8-6-4-2-1-3-5-7-9-11-13-15(17)18;1-2-3-4-7-10-13(15)11-8-5-6-9-12-14(16)17/h16H,1-14H2,(H,17,18);13,15H,2-12H2,1H3,(H,16,17). The fourth-order valence-electron chi connectivity index (χ4n) is 4.12. The summed E-state index contributed by atoms with van der Waals surface area (Å²) >= 11 is 0.